The van der Waals surface area contributed by atoms with Gasteiger partial charge in [0.15, 0.2) is 0 Å². The molecular weight excluding hydrogens is 204 g/mol. The Hall–Kier alpha value is -1.39. The topological polar surface area (TPSA) is 58.3 Å². The number of benzene rings is 1. The van der Waals surface area contributed by atoms with Gasteiger partial charge in [-0.15, -0.1) is 0 Å². The molecule has 0 fully saturated rings. The minimum absolute atomic E-state index is 0.0134. The van der Waals surface area contributed by atoms with Crippen LogP contribution in [0.2, 0.25) is 0 Å². The van der Waals surface area contributed by atoms with Gasteiger partial charge in [0.25, 0.3) is 0 Å². The third kappa shape index (κ3) is 1.81. The van der Waals surface area contributed by atoms with E-state index >= 15 is 0 Å². The Kier molecular flexibility index (Phi) is 2.94. The molecule has 1 unspecified atom stereocenters. The van der Waals surface area contributed by atoms with E-state index in [2.05, 4.69) is 4.98 Å². The van der Waals surface area contributed by atoms with Crippen molar-refractivity contribution in [2.75, 3.05) is 6.61 Å². The molecule has 1 aromatic heterocycles. The number of nitrogens with zero attached hydrogens (tertiary/aromatic N) is 2. The lowest BCUT2D eigenvalue weighted by atomic mass is 10.1. The summed E-state index contributed by atoms with van der Waals surface area (Å²) in [5.41, 5.74) is 2.74. The van der Waals surface area contributed by atoms with E-state index in [4.69, 9.17) is 5.11 Å². The van der Waals surface area contributed by atoms with Gasteiger partial charge >= 0.3 is 0 Å². The van der Waals surface area contributed by atoms with Crippen LogP contribution in [0.4, 0.5) is 0 Å². The number of imidazole rings is 1. The Morgan fingerprint density at radius 2 is 2.19 bits per heavy atom. The van der Waals surface area contributed by atoms with Crippen LogP contribution in [0.3, 0.4) is 0 Å². The molecule has 1 atom stereocenters. The summed E-state index contributed by atoms with van der Waals surface area (Å²) in [5.74, 6) is 0.948. The van der Waals surface area contributed by atoms with Gasteiger partial charge in [0.2, 0.25) is 0 Å². The van der Waals surface area contributed by atoms with Crippen LogP contribution in [0.5, 0.6) is 0 Å². The van der Waals surface area contributed by atoms with Crippen LogP contribution < -0.4 is 0 Å². The van der Waals surface area contributed by atoms with Crippen molar-refractivity contribution in [1.29, 1.82) is 0 Å². The van der Waals surface area contributed by atoms with Gasteiger partial charge in [-0.25, -0.2) is 4.98 Å². The molecule has 16 heavy (non-hydrogen) atoms. The highest BCUT2D eigenvalue weighted by Gasteiger charge is 2.10. The molecule has 0 radical (unpaired) electrons. The molecule has 0 aliphatic rings. The number of aryl methyl sites for hydroxylation is 2. The molecule has 0 aliphatic carbocycles. The van der Waals surface area contributed by atoms with Crippen LogP contribution in [0, 0.1) is 6.92 Å². The van der Waals surface area contributed by atoms with Crippen molar-refractivity contribution in [3.63, 3.8) is 0 Å². The lowest BCUT2D eigenvalue weighted by Gasteiger charge is -2.08. The maximum atomic E-state index is 9.76. The molecule has 0 saturated heterocycles. The van der Waals surface area contributed by atoms with E-state index in [1.54, 1.807) is 0 Å². The molecule has 2 rings (SSSR count). The summed E-state index contributed by atoms with van der Waals surface area (Å²) in [4.78, 5) is 4.41. The van der Waals surface area contributed by atoms with Gasteiger partial charge in [-0.3, -0.25) is 0 Å². The van der Waals surface area contributed by atoms with Gasteiger partial charge in [-0.05, 0) is 24.6 Å². The molecule has 1 heterocycles. The first-order valence-corrected chi connectivity index (χ1v) is 5.35. The summed E-state index contributed by atoms with van der Waals surface area (Å²) < 4.78 is 2.01. The zero-order valence-electron chi connectivity index (χ0n) is 9.51. The van der Waals surface area contributed by atoms with Crippen molar-refractivity contribution < 1.29 is 10.2 Å². The fraction of sp³-hybridized carbons (Fsp3) is 0.417. The fourth-order valence-electron chi connectivity index (χ4n) is 1.83. The smallest absolute Gasteiger partial charge is 0.106 e. The molecule has 0 bridgehead atoms. The van der Waals surface area contributed by atoms with Gasteiger partial charge in [-0.2, -0.15) is 0 Å². The first-order valence-electron chi connectivity index (χ1n) is 5.35. The second kappa shape index (κ2) is 4.23. The number of aromatic nitrogens is 2. The van der Waals surface area contributed by atoms with Crippen molar-refractivity contribution in [2.45, 2.75) is 19.4 Å². The van der Waals surface area contributed by atoms with Crippen LogP contribution in [-0.4, -0.2) is 26.4 Å². The molecule has 2 N–H and O–H groups in total. The summed E-state index contributed by atoms with van der Waals surface area (Å²) in [6.45, 7) is 1.93. The van der Waals surface area contributed by atoms with E-state index in [9.17, 15) is 5.11 Å². The SMILES string of the molecule is Cc1nc2cc(C(O)CCO)ccc2n1C. The number of fused-ring (bicyclic) bond motifs is 1. The van der Waals surface area contributed by atoms with E-state index in [1.807, 2.05) is 36.7 Å². The van der Waals surface area contributed by atoms with E-state index < -0.39 is 6.10 Å². The zero-order valence-corrected chi connectivity index (χ0v) is 9.51. The molecule has 2 aromatic rings. The average Bonchev–Trinajstić information content (AvgIpc) is 2.55. The predicted molar refractivity (Wildman–Crippen MR) is 62.1 cm³/mol. The van der Waals surface area contributed by atoms with Crippen LogP contribution >= 0.6 is 0 Å². The normalized spacial score (nSPS) is 13.2. The molecule has 0 aliphatic heterocycles. The number of hydrogen-bond donors (Lipinski definition) is 2. The molecule has 4 heteroatoms. The van der Waals surface area contributed by atoms with Crippen molar-refractivity contribution in [3.05, 3.63) is 29.6 Å². The Morgan fingerprint density at radius 3 is 2.88 bits per heavy atom. The first kappa shape index (κ1) is 11.1. The average molecular weight is 220 g/mol. The van der Waals surface area contributed by atoms with E-state index in [0.717, 1.165) is 22.4 Å². The summed E-state index contributed by atoms with van der Waals surface area (Å²) in [6.07, 6.45) is -0.256. The minimum Gasteiger partial charge on any atom is -0.396 e. The maximum Gasteiger partial charge on any atom is 0.106 e. The van der Waals surface area contributed by atoms with Crippen LogP contribution in [0.25, 0.3) is 11.0 Å². The summed E-state index contributed by atoms with van der Waals surface area (Å²) in [6, 6.07) is 5.71. The lowest BCUT2D eigenvalue weighted by Crippen LogP contribution is -2.00. The van der Waals surface area contributed by atoms with Gasteiger partial charge in [0.05, 0.1) is 17.1 Å². The number of rotatable bonds is 3. The van der Waals surface area contributed by atoms with Gasteiger partial charge in [0.1, 0.15) is 5.82 Å². The third-order valence-corrected chi connectivity index (χ3v) is 2.92. The number of hydrogen-bond acceptors (Lipinski definition) is 3. The van der Waals surface area contributed by atoms with Gasteiger partial charge in [-0.1, -0.05) is 6.07 Å². The second-order valence-corrected chi connectivity index (χ2v) is 3.99. The lowest BCUT2D eigenvalue weighted by molar-refractivity contribution is 0.134. The largest absolute Gasteiger partial charge is 0.396 e. The van der Waals surface area contributed by atoms with Gasteiger partial charge in [0, 0.05) is 20.1 Å². The quantitative estimate of drug-likeness (QED) is 0.819. The van der Waals surface area contributed by atoms with E-state index in [-0.39, 0.29) is 6.61 Å². The summed E-state index contributed by atoms with van der Waals surface area (Å²) >= 11 is 0. The minimum atomic E-state index is -0.614. The predicted octanol–water partition coefficient (Wildman–Crippen LogP) is 1.30. The van der Waals surface area contributed by atoms with Crippen molar-refractivity contribution >= 4 is 11.0 Å². The molecule has 0 spiro atoms. The number of aliphatic hydroxyl groups excluding tert-OH is 2. The monoisotopic (exact) mass is 220 g/mol. The van der Waals surface area contributed by atoms with Crippen LogP contribution in [0.15, 0.2) is 18.2 Å². The highest BCUT2D eigenvalue weighted by molar-refractivity contribution is 5.76. The fourth-order valence-corrected chi connectivity index (χ4v) is 1.83. The molecule has 0 saturated carbocycles. The highest BCUT2D eigenvalue weighted by Crippen LogP contribution is 2.22. The van der Waals surface area contributed by atoms with Crippen molar-refractivity contribution in [1.82, 2.24) is 9.55 Å². The Bertz CT molecular complexity index is 505. The highest BCUT2D eigenvalue weighted by atomic mass is 16.3. The maximum absolute atomic E-state index is 9.76. The van der Waals surface area contributed by atoms with E-state index in [1.165, 1.54) is 0 Å². The zero-order chi connectivity index (χ0) is 11.7. The van der Waals surface area contributed by atoms with E-state index in [0.29, 0.717) is 6.42 Å². The summed E-state index contributed by atoms with van der Waals surface area (Å²) in [7, 11) is 1.97. The van der Waals surface area contributed by atoms with Crippen LogP contribution in [0.1, 0.15) is 23.9 Å². The van der Waals surface area contributed by atoms with Crippen molar-refractivity contribution in [3.8, 4) is 0 Å². The van der Waals surface area contributed by atoms with Crippen molar-refractivity contribution in [2.24, 2.45) is 7.05 Å². The third-order valence-electron chi connectivity index (χ3n) is 2.92. The van der Waals surface area contributed by atoms with Crippen LogP contribution in [-0.2, 0) is 7.05 Å². The molecular formula is C12H16N2O2. The molecule has 4 nitrogen and oxygen atoms in total. The van der Waals surface area contributed by atoms with Gasteiger partial charge < -0.3 is 14.8 Å². The Morgan fingerprint density at radius 1 is 1.44 bits per heavy atom. The molecule has 0 amide bonds. The number of aliphatic hydroxyl groups is 2. The molecule has 1 aromatic carbocycles. The first-order chi connectivity index (χ1) is 7.63. The Balaban J connectivity index is 2.44. The molecule has 86 valence electrons. The standard InChI is InChI=1S/C12H16N2O2/c1-8-13-10-7-9(12(16)5-6-15)3-4-11(10)14(8)2/h3-4,7,12,15-16H,5-6H2,1-2H3. The summed E-state index contributed by atoms with van der Waals surface area (Å²) in [5, 5.41) is 18.5. The second-order valence-electron chi connectivity index (χ2n) is 3.99. The Labute approximate surface area is 94.2 Å².